The summed E-state index contributed by atoms with van der Waals surface area (Å²) in [5.41, 5.74) is 5.74. The number of hydrogen-bond donors (Lipinski definition) is 0. The number of hydrogen-bond acceptors (Lipinski definition) is 1. The lowest BCUT2D eigenvalue weighted by molar-refractivity contribution is 0.379. The van der Waals surface area contributed by atoms with E-state index in [1.54, 1.807) is 0 Å². The summed E-state index contributed by atoms with van der Waals surface area (Å²) in [6, 6.07) is 19.9. The molecule has 2 aromatic rings. The molecule has 0 aromatic heterocycles. The predicted molar refractivity (Wildman–Crippen MR) is 95.1 cm³/mol. The molecule has 0 spiro atoms. The highest BCUT2D eigenvalue weighted by molar-refractivity contribution is 5.77. The van der Waals surface area contributed by atoms with Crippen molar-refractivity contribution in [2.45, 2.75) is 25.2 Å². The Morgan fingerprint density at radius 1 is 0.909 bits per heavy atom. The molecule has 1 unspecified atom stereocenters. The zero-order chi connectivity index (χ0) is 15.6. The van der Waals surface area contributed by atoms with Gasteiger partial charge in [-0.15, -0.1) is 0 Å². The summed E-state index contributed by atoms with van der Waals surface area (Å²) >= 11 is 0. The standard InChI is InChI=1S/C21H25N/c1-17-16-21(14-9-15-22(2)3,18-10-5-4-6-11-18)20-13-8-7-12-19(17)20/h4-8,10-13,16H,9,14-15H2,1-3H3. The van der Waals surface area contributed by atoms with Gasteiger partial charge in [-0.2, -0.15) is 0 Å². The van der Waals surface area contributed by atoms with Gasteiger partial charge in [0.1, 0.15) is 0 Å². The van der Waals surface area contributed by atoms with Crippen LogP contribution >= 0.6 is 0 Å². The van der Waals surface area contributed by atoms with Crippen LogP contribution in [0, 0.1) is 0 Å². The van der Waals surface area contributed by atoms with E-state index in [0.717, 1.165) is 13.0 Å². The van der Waals surface area contributed by atoms with Crippen molar-refractivity contribution in [3.05, 3.63) is 77.4 Å². The molecule has 0 N–H and O–H groups in total. The van der Waals surface area contributed by atoms with Crippen molar-refractivity contribution < 1.29 is 0 Å². The van der Waals surface area contributed by atoms with Gasteiger partial charge < -0.3 is 4.90 Å². The molecule has 1 aliphatic carbocycles. The highest BCUT2D eigenvalue weighted by atomic mass is 15.0. The highest BCUT2D eigenvalue weighted by Crippen LogP contribution is 2.47. The molecule has 1 nitrogen and oxygen atoms in total. The van der Waals surface area contributed by atoms with Crippen LogP contribution in [0.1, 0.15) is 36.5 Å². The van der Waals surface area contributed by atoms with Gasteiger partial charge in [0.2, 0.25) is 0 Å². The average molecular weight is 291 g/mol. The molecule has 3 rings (SSSR count). The number of fused-ring (bicyclic) bond motifs is 1. The Bertz CT molecular complexity index is 669. The molecule has 0 aliphatic heterocycles. The van der Waals surface area contributed by atoms with Gasteiger partial charge in [-0.25, -0.2) is 0 Å². The van der Waals surface area contributed by atoms with Crippen LogP contribution in [0.3, 0.4) is 0 Å². The lowest BCUT2D eigenvalue weighted by Gasteiger charge is -2.30. The Morgan fingerprint density at radius 2 is 1.59 bits per heavy atom. The molecule has 22 heavy (non-hydrogen) atoms. The van der Waals surface area contributed by atoms with E-state index in [1.807, 2.05) is 0 Å². The smallest absolute Gasteiger partial charge is 0.0394 e. The fraction of sp³-hybridized carbons (Fsp3) is 0.333. The third-order valence-electron chi connectivity index (χ3n) is 4.76. The summed E-state index contributed by atoms with van der Waals surface area (Å²) in [6.45, 7) is 3.37. The van der Waals surface area contributed by atoms with E-state index >= 15 is 0 Å². The average Bonchev–Trinajstić information content (AvgIpc) is 2.82. The van der Waals surface area contributed by atoms with Crippen molar-refractivity contribution in [1.29, 1.82) is 0 Å². The topological polar surface area (TPSA) is 3.24 Å². The molecule has 114 valence electrons. The van der Waals surface area contributed by atoms with Crippen molar-refractivity contribution in [3.63, 3.8) is 0 Å². The largest absolute Gasteiger partial charge is 0.309 e. The van der Waals surface area contributed by atoms with Gasteiger partial charge in [-0.3, -0.25) is 0 Å². The first-order valence-corrected chi connectivity index (χ1v) is 8.13. The van der Waals surface area contributed by atoms with Crippen molar-refractivity contribution in [1.82, 2.24) is 4.90 Å². The van der Waals surface area contributed by atoms with Crippen LogP contribution in [0.4, 0.5) is 0 Å². The first kappa shape index (κ1) is 15.1. The summed E-state index contributed by atoms with van der Waals surface area (Å²) in [7, 11) is 4.30. The fourth-order valence-corrected chi connectivity index (χ4v) is 3.74. The van der Waals surface area contributed by atoms with E-state index in [4.69, 9.17) is 0 Å². The fourth-order valence-electron chi connectivity index (χ4n) is 3.74. The van der Waals surface area contributed by atoms with Crippen LogP contribution in [0.2, 0.25) is 0 Å². The third-order valence-corrected chi connectivity index (χ3v) is 4.76. The van der Waals surface area contributed by atoms with Gasteiger partial charge >= 0.3 is 0 Å². The second-order valence-corrected chi connectivity index (χ2v) is 6.62. The first-order valence-electron chi connectivity index (χ1n) is 8.13. The molecule has 1 heteroatoms. The lowest BCUT2D eigenvalue weighted by Crippen LogP contribution is -2.25. The summed E-state index contributed by atoms with van der Waals surface area (Å²) in [6.07, 6.45) is 4.84. The molecule has 0 amide bonds. The molecule has 0 radical (unpaired) electrons. The van der Waals surface area contributed by atoms with Gasteiger partial charge in [0.05, 0.1) is 0 Å². The molecule has 0 heterocycles. The van der Waals surface area contributed by atoms with E-state index in [-0.39, 0.29) is 5.41 Å². The van der Waals surface area contributed by atoms with Gasteiger partial charge in [0, 0.05) is 5.41 Å². The zero-order valence-corrected chi connectivity index (χ0v) is 13.8. The highest BCUT2D eigenvalue weighted by Gasteiger charge is 2.37. The summed E-state index contributed by atoms with van der Waals surface area (Å²) in [4.78, 5) is 2.27. The van der Waals surface area contributed by atoms with Gasteiger partial charge in [-0.1, -0.05) is 60.7 Å². The van der Waals surface area contributed by atoms with E-state index in [0.29, 0.717) is 0 Å². The zero-order valence-electron chi connectivity index (χ0n) is 13.8. The van der Waals surface area contributed by atoms with Crippen molar-refractivity contribution in [3.8, 4) is 0 Å². The molecule has 0 saturated heterocycles. The maximum atomic E-state index is 2.49. The van der Waals surface area contributed by atoms with Crippen LogP contribution in [0.15, 0.2) is 60.7 Å². The van der Waals surface area contributed by atoms with Crippen LogP contribution in [0.5, 0.6) is 0 Å². The monoisotopic (exact) mass is 291 g/mol. The maximum absolute atomic E-state index is 2.49. The van der Waals surface area contributed by atoms with Crippen LogP contribution < -0.4 is 0 Å². The molecule has 2 aromatic carbocycles. The SMILES string of the molecule is CC1=CC(CCCN(C)C)(c2ccccc2)c2ccccc21. The lowest BCUT2D eigenvalue weighted by atomic mass is 9.73. The normalized spacial score (nSPS) is 20.1. The number of allylic oxidation sites excluding steroid dienone is 2. The van der Waals surface area contributed by atoms with E-state index in [9.17, 15) is 0 Å². The number of rotatable bonds is 5. The molecule has 0 saturated carbocycles. The molecular weight excluding hydrogens is 266 g/mol. The molecule has 0 bridgehead atoms. The number of nitrogens with zero attached hydrogens (tertiary/aromatic N) is 1. The summed E-state index contributed by atoms with van der Waals surface area (Å²) in [5, 5.41) is 0. The van der Waals surface area contributed by atoms with Gasteiger partial charge in [0.25, 0.3) is 0 Å². The Morgan fingerprint density at radius 3 is 2.32 bits per heavy atom. The third kappa shape index (κ3) is 2.62. The Balaban J connectivity index is 2.06. The van der Waals surface area contributed by atoms with Crippen molar-refractivity contribution in [2.24, 2.45) is 0 Å². The van der Waals surface area contributed by atoms with Crippen LogP contribution in [0.25, 0.3) is 5.57 Å². The van der Waals surface area contributed by atoms with E-state index in [1.165, 1.54) is 28.7 Å². The molecule has 0 fully saturated rings. The quantitative estimate of drug-likeness (QED) is 0.769. The minimum Gasteiger partial charge on any atom is -0.309 e. The molecule has 1 aliphatic rings. The van der Waals surface area contributed by atoms with Crippen molar-refractivity contribution >= 4 is 5.57 Å². The second kappa shape index (κ2) is 6.10. The maximum Gasteiger partial charge on any atom is 0.0394 e. The van der Waals surface area contributed by atoms with Gasteiger partial charge in [0.15, 0.2) is 0 Å². The van der Waals surface area contributed by atoms with Crippen LogP contribution in [-0.4, -0.2) is 25.5 Å². The van der Waals surface area contributed by atoms with E-state index < -0.39 is 0 Å². The van der Waals surface area contributed by atoms with Gasteiger partial charge in [-0.05, 0) is 62.7 Å². The van der Waals surface area contributed by atoms with E-state index in [2.05, 4.69) is 86.6 Å². The Labute approximate surface area is 134 Å². The Kier molecular flexibility index (Phi) is 4.17. The first-order chi connectivity index (χ1) is 10.6. The second-order valence-electron chi connectivity index (χ2n) is 6.62. The number of benzene rings is 2. The summed E-state index contributed by atoms with van der Waals surface area (Å²) in [5.74, 6) is 0. The van der Waals surface area contributed by atoms with Crippen molar-refractivity contribution in [2.75, 3.05) is 20.6 Å². The molecule has 1 atom stereocenters. The molecular formula is C21H25N. The Hall–Kier alpha value is -1.86. The minimum absolute atomic E-state index is 0.0396. The minimum atomic E-state index is 0.0396. The summed E-state index contributed by atoms with van der Waals surface area (Å²) < 4.78 is 0. The van der Waals surface area contributed by atoms with Crippen LogP contribution in [-0.2, 0) is 5.41 Å². The predicted octanol–water partition coefficient (Wildman–Crippen LogP) is 4.73.